The number of benzene rings is 1. The van der Waals surface area contributed by atoms with Crippen molar-refractivity contribution in [3.63, 3.8) is 0 Å². The van der Waals surface area contributed by atoms with Crippen LogP contribution in [0, 0.1) is 11.6 Å². The van der Waals surface area contributed by atoms with Crippen LogP contribution < -0.4 is 16.8 Å². The normalized spacial score (nSPS) is 9.88. The molecule has 5 N–H and O–H groups in total. The Morgan fingerprint density at radius 2 is 1.94 bits per heavy atom. The van der Waals surface area contributed by atoms with Gasteiger partial charge in [0.25, 0.3) is 5.91 Å². The van der Waals surface area contributed by atoms with E-state index in [-0.39, 0.29) is 5.69 Å². The van der Waals surface area contributed by atoms with Crippen LogP contribution in [-0.2, 0) is 4.79 Å². The zero-order valence-electron chi connectivity index (χ0n) is 8.09. The molecule has 1 aromatic carbocycles. The molecule has 0 unspecified atom stereocenters. The van der Waals surface area contributed by atoms with Crippen LogP contribution in [0.15, 0.2) is 12.1 Å². The zero-order valence-corrected chi connectivity index (χ0v) is 8.09. The van der Waals surface area contributed by atoms with Crippen molar-refractivity contribution >= 4 is 17.5 Å². The van der Waals surface area contributed by atoms with Crippen molar-refractivity contribution in [2.75, 3.05) is 12.3 Å². The lowest BCUT2D eigenvalue weighted by atomic mass is 10.1. The highest BCUT2D eigenvalue weighted by atomic mass is 19.1. The van der Waals surface area contributed by atoms with E-state index in [2.05, 4.69) is 0 Å². The maximum absolute atomic E-state index is 13.3. The van der Waals surface area contributed by atoms with Crippen molar-refractivity contribution in [3.05, 3.63) is 29.3 Å². The van der Waals surface area contributed by atoms with Crippen LogP contribution in [-0.4, -0.2) is 18.4 Å². The Morgan fingerprint density at radius 1 is 1.31 bits per heavy atom. The first-order valence-corrected chi connectivity index (χ1v) is 4.23. The van der Waals surface area contributed by atoms with E-state index in [0.29, 0.717) is 0 Å². The zero-order chi connectivity index (χ0) is 12.3. The van der Waals surface area contributed by atoms with E-state index >= 15 is 0 Å². The molecular formula is C9H9F2N3O2. The second-order valence-corrected chi connectivity index (χ2v) is 2.97. The molecule has 0 saturated heterocycles. The Labute approximate surface area is 89.4 Å². The van der Waals surface area contributed by atoms with Crippen LogP contribution in [0.25, 0.3) is 0 Å². The summed E-state index contributed by atoms with van der Waals surface area (Å²) in [6.45, 7) is -0.507. The third kappa shape index (κ3) is 2.44. The molecule has 86 valence electrons. The van der Waals surface area contributed by atoms with Gasteiger partial charge in [-0.25, -0.2) is 8.78 Å². The van der Waals surface area contributed by atoms with Gasteiger partial charge in [0, 0.05) is 0 Å². The molecule has 2 amide bonds. The second-order valence-electron chi connectivity index (χ2n) is 2.97. The number of carbonyl (C=O) groups is 2. The van der Waals surface area contributed by atoms with E-state index in [1.807, 2.05) is 5.32 Å². The average Bonchev–Trinajstić information content (AvgIpc) is 2.21. The highest BCUT2D eigenvalue weighted by molar-refractivity contribution is 5.97. The average molecular weight is 229 g/mol. The lowest BCUT2D eigenvalue weighted by Crippen LogP contribution is -2.34. The predicted molar refractivity (Wildman–Crippen MR) is 52.3 cm³/mol. The minimum Gasteiger partial charge on any atom is -0.396 e. The fraction of sp³-hybridized carbons (Fsp3) is 0.111. The first-order valence-electron chi connectivity index (χ1n) is 4.23. The molecule has 0 aliphatic carbocycles. The van der Waals surface area contributed by atoms with Gasteiger partial charge in [-0.15, -0.1) is 0 Å². The van der Waals surface area contributed by atoms with Crippen molar-refractivity contribution in [2.24, 2.45) is 5.73 Å². The van der Waals surface area contributed by atoms with Gasteiger partial charge in [-0.3, -0.25) is 9.59 Å². The highest BCUT2D eigenvalue weighted by Gasteiger charge is 2.19. The van der Waals surface area contributed by atoms with Gasteiger partial charge < -0.3 is 16.8 Å². The summed E-state index contributed by atoms with van der Waals surface area (Å²) in [6.07, 6.45) is 0. The van der Waals surface area contributed by atoms with Crippen molar-refractivity contribution in [3.8, 4) is 0 Å². The molecule has 0 spiro atoms. The Morgan fingerprint density at radius 3 is 2.50 bits per heavy atom. The van der Waals surface area contributed by atoms with Crippen LogP contribution in [0.3, 0.4) is 0 Å². The topological polar surface area (TPSA) is 98.2 Å². The minimum atomic E-state index is -1.16. The number of primary amides is 1. The van der Waals surface area contributed by atoms with E-state index in [1.165, 1.54) is 0 Å². The van der Waals surface area contributed by atoms with E-state index < -0.39 is 35.6 Å². The number of anilines is 1. The molecule has 0 bridgehead atoms. The van der Waals surface area contributed by atoms with Crippen LogP contribution in [0.5, 0.6) is 0 Å². The number of hydrogen-bond acceptors (Lipinski definition) is 3. The molecule has 0 radical (unpaired) electrons. The van der Waals surface area contributed by atoms with Crippen molar-refractivity contribution in [1.82, 2.24) is 5.32 Å². The van der Waals surface area contributed by atoms with Crippen LogP contribution in [0.4, 0.5) is 14.5 Å². The Balaban J connectivity index is 2.99. The standard InChI is InChI=1S/C9H9F2N3O2/c10-4-1-2-5(12)8(11)7(4)9(16)14-3-6(13)15/h1-2H,3,12H2,(H2,13,15)(H,14,16). The van der Waals surface area contributed by atoms with Gasteiger partial charge >= 0.3 is 0 Å². The van der Waals surface area contributed by atoms with E-state index in [9.17, 15) is 18.4 Å². The molecule has 5 nitrogen and oxygen atoms in total. The fourth-order valence-corrected chi connectivity index (χ4v) is 1.03. The van der Waals surface area contributed by atoms with Crippen molar-refractivity contribution < 1.29 is 18.4 Å². The van der Waals surface area contributed by atoms with Gasteiger partial charge in [0.15, 0.2) is 5.82 Å². The van der Waals surface area contributed by atoms with Crippen LogP contribution >= 0.6 is 0 Å². The minimum absolute atomic E-state index is 0.356. The van der Waals surface area contributed by atoms with Crippen LogP contribution in [0.1, 0.15) is 10.4 Å². The second kappa shape index (κ2) is 4.56. The summed E-state index contributed by atoms with van der Waals surface area (Å²) in [7, 11) is 0. The first-order chi connectivity index (χ1) is 7.43. The van der Waals surface area contributed by atoms with Gasteiger partial charge in [-0.05, 0) is 12.1 Å². The van der Waals surface area contributed by atoms with Gasteiger partial charge in [0.05, 0.1) is 12.2 Å². The third-order valence-electron chi connectivity index (χ3n) is 1.77. The van der Waals surface area contributed by atoms with E-state index in [1.54, 1.807) is 0 Å². The first kappa shape index (κ1) is 11.9. The summed E-state index contributed by atoms with van der Waals surface area (Å²) >= 11 is 0. The molecule has 7 heteroatoms. The smallest absolute Gasteiger partial charge is 0.257 e. The van der Waals surface area contributed by atoms with E-state index in [0.717, 1.165) is 12.1 Å². The summed E-state index contributed by atoms with van der Waals surface area (Å²) in [6, 6.07) is 1.85. The lowest BCUT2D eigenvalue weighted by Gasteiger charge is -2.06. The number of hydrogen-bond donors (Lipinski definition) is 3. The lowest BCUT2D eigenvalue weighted by molar-refractivity contribution is -0.117. The summed E-state index contributed by atoms with van der Waals surface area (Å²) < 4.78 is 26.4. The molecule has 0 saturated carbocycles. The number of nitrogens with two attached hydrogens (primary N) is 2. The molecule has 0 aromatic heterocycles. The molecule has 0 heterocycles. The number of nitrogens with one attached hydrogen (secondary N) is 1. The summed E-state index contributed by atoms with van der Waals surface area (Å²) in [5, 5.41) is 1.96. The molecular weight excluding hydrogens is 220 g/mol. The number of nitrogen functional groups attached to an aromatic ring is 1. The molecule has 0 aliphatic rings. The maximum atomic E-state index is 13.3. The van der Waals surface area contributed by atoms with Crippen molar-refractivity contribution in [2.45, 2.75) is 0 Å². The Kier molecular flexibility index (Phi) is 3.39. The molecule has 0 fully saturated rings. The predicted octanol–water partition coefficient (Wildman–Crippen LogP) is -0.238. The SMILES string of the molecule is NC(=O)CNC(=O)c1c(F)ccc(N)c1F. The largest absolute Gasteiger partial charge is 0.396 e. The summed E-state index contributed by atoms with van der Waals surface area (Å²) in [5.74, 6) is -4.13. The molecule has 0 aliphatic heterocycles. The molecule has 1 aromatic rings. The number of carbonyl (C=O) groups excluding carboxylic acids is 2. The number of amides is 2. The van der Waals surface area contributed by atoms with Gasteiger partial charge in [0.2, 0.25) is 5.91 Å². The molecule has 16 heavy (non-hydrogen) atoms. The maximum Gasteiger partial charge on any atom is 0.257 e. The molecule has 0 atom stereocenters. The fourth-order valence-electron chi connectivity index (χ4n) is 1.03. The summed E-state index contributed by atoms with van der Waals surface area (Å²) in [4.78, 5) is 21.7. The number of halogens is 2. The van der Waals surface area contributed by atoms with Crippen LogP contribution in [0.2, 0.25) is 0 Å². The summed E-state index contributed by atoms with van der Waals surface area (Å²) in [5.41, 5.74) is 8.74. The number of rotatable bonds is 3. The molecule has 1 rings (SSSR count). The van der Waals surface area contributed by atoms with Gasteiger partial charge in [-0.1, -0.05) is 0 Å². The Bertz CT molecular complexity index is 449. The quantitative estimate of drug-likeness (QED) is 0.624. The monoisotopic (exact) mass is 229 g/mol. The van der Waals surface area contributed by atoms with Gasteiger partial charge in [0.1, 0.15) is 11.4 Å². The Hall–Kier alpha value is -2.18. The van der Waals surface area contributed by atoms with Gasteiger partial charge in [-0.2, -0.15) is 0 Å². The van der Waals surface area contributed by atoms with E-state index in [4.69, 9.17) is 11.5 Å². The third-order valence-corrected chi connectivity index (χ3v) is 1.77. The highest BCUT2D eigenvalue weighted by Crippen LogP contribution is 2.18. The van der Waals surface area contributed by atoms with Crippen molar-refractivity contribution in [1.29, 1.82) is 0 Å².